The molecule has 1 aliphatic carbocycles. The minimum Gasteiger partial charge on any atom is -0.455 e. The van der Waals surface area contributed by atoms with Crippen molar-refractivity contribution in [3.05, 3.63) is 236 Å². The first-order valence-electron chi connectivity index (χ1n) is 22.9. The quantitative estimate of drug-likeness (QED) is 0.160. The van der Waals surface area contributed by atoms with Gasteiger partial charge < -0.3 is 9.32 Å². The van der Waals surface area contributed by atoms with Crippen molar-refractivity contribution < 1.29 is 4.42 Å². The van der Waals surface area contributed by atoms with E-state index in [-0.39, 0.29) is 11.5 Å². The molecular weight excluding hydrogens is 817 g/mol. The monoisotopic (exact) mass is 858 g/mol. The van der Waals surface area contributed by atoms with Crippen molar-refractivity contribution >= 4 is 44.1 Å². The molecule has 0 fully saturated rings. The number of anilines is 2. The molecule has 2 aromatic heterocycles. The van der Waals surface area contributed by atoms with Crippen molar-refractivity contribution in [1.29, 1.82) is 0 Å². The van der Waals surface area contributed by atoms with Crippen LogP contribution in [0, 0.1) is 0 Å². The number of fused-ring (bicyclic) bond motifs is 8. The van der Waals surface area contributed by atoms with Crippen molar-refractivity contribution in [2.24, 2.45) is 0 Å². The van der Waals surface area contributed by atoms with Gasteiger partial charge in [0.25, 0.3) is 0 Å². The van der Waals surface area contributed by atoms with Crippen LogP contribution in [0.4, 0.5) is 11.4 Å². The van der Waals surface area contributed by atoms with Crippen LogP contribution in [0.15, 0.2) is 235 Å². The molecule has 0 amide bonds. The molecule has 1 aliphatic heterocycles. The van der Waals surface area contributed by atoms with Gasteiger partial charge in [-0.25, -0.2) is 15.0 Å². The van der Waals surface area contributed by atoms with E-state index in [2.05, 4.69) is 236 Å². The Morgan fingerprint density at radius 2 is 1.06 bits per heavy atom. The van der Waals surface area contributed by atoms with E-state index < -0.39 is 0 Å². The minimum atomic E-state index is -0.334. The van der Waals surface area contributed by atoms with Crippen molar-refractivity contribution in [2.75, 3.05) is 4.90 Å². The highest BCUT2D eigenvalue weighted by atomic mass is 16.3. The zero-order valence-corrected chi connectivity index (χ0v) is 36.7. The Labute approximate surface area is 388 Å². The standard InChI is InChI=1S/C62H42N4O/c1-62-37-16-15-29-54(62)56-51(28-17-30-55(56)66(62)46-23-9-4-10-24-46)61-64-59(63-60(65-61)50-27-14-13-25-47(50)41-20-7-3-8-21-41)44-33-31-43(32-34-44)52-38-45(40-18-5-2-6-19-40)39-53-49-36-35-42-22-11-12-26-48(42)57(49)67-58(52)53/h2-39,54H,1H3. The maximum atomic E-state index is 6.91. The Balaban J connectivity index is 0.997. The fraction of sp³-hybridized carbons (Fsp3) is 0.0484. The molecule has 9 aromatic carbocycles. The van der Waals surface area contributed by atoms with Crippen LogP contribution in [-0.4, -0.2) is 20.5 Å². The zero-order chi connectivity index (χ0) is 44.5. The third-order valence-corrected chi connectivity index (χ3v) is 13.8. The highest BCUT2D eigenvalue weighted by Crippen LogP contribution is 2.56. The molecule has 13 rings (SSSR count). The summed E-state index contributed by atoms with van der Waals surface area (Å²) in [7, 11) is 0. The minimum absolute atomic E-state index is 0.0585. The smallest absolute Gasteiger partial charge is 0.164 e. The van der Waals surface area contributed by atoms with Gasteiger partial charge in [-0.15, -0.1) is 0 Å². The maximum absolute atomic E-state index is 6.91. The lowest BCUT2D eigenvalue weighted by Crippen LogP contribution is -2.41. The van der Waals surface area contributed by atoms with Crippen molar-refractivity contribution in [3.8, 4) is 67.5 Å². The number of hydrogen-bond acceptors (Lipinski definition) is 5. The molecule has 0 saturated carbocycles. The van der Waals surface area contributed by atoms with E-state index in [1.807, 2.05) is 6.07 Å². The molecule has 0 spiro atoms. The number of aromatic nitrogens is 3. The number of para-hydroxylation sites is 1. The van der Waals surface area contributed by atoms with E-state index in [0.29, 0.717) is 17.5 Å². The highest BCUT2D eigenvalue weighted by molar-refractivity contribution is 6.18. The highest BCUT2D eigenvalue weighted by Gasteiger charge is 2.48. The normalized spacial score (nSPS) is 16.2. The zero-order valence-electron chi connectivity index (χ0n) is 36.7. The van der Waals surface area contributed by atoms with Gasteiger partial charge in [0, 0.05) is 55.7 Å². The molecule has 2 aliphatic rings. The summed E-state index contributed by atoms with van der Waals surface area (Å²) in [6.07, 6.45) is 8.99. The first-order valence-corrected chi connectivity index (χ1v) is 22.9. The van der Waals surface area contributed by atoms with E-state index in [1.165, 1.54) is 5.56 Å². The number of rotatable bonds is 7. The largest absolute Gasteiger partial charge is 0.455 e. The van der Waals surface area contributed by atoms with Crippen molar-refractivity contribution in [2.45, 2.75) is 18.4 Å². The summed E-state index contributed by atoms with van der Waals surface area (Å²) >= 11 is 0. The molecule has 0 N–H and O–H groups in total. The third-order valence-electron chi connectivity index (χ3n) is 13.8. The van der Waals surface area contributed by atoms with Crippen LogP contribution in [0.5, 0.6) is 0 Å². The molecule has 3 heterocycles. The second kappa shape index (κ2) is 15.5. The van der Waals surface area contributed by atoms with Gasteiger partial charge in [0.1, 0.15) is 11.2 Å². The molecule has 2 unspecified atom stereocenters. The molecule has 0 saturated heterocycles. The predicted molar refractivity (Wildman–Crippen MR) is 275 cm³/mol. The number of allylic oxidation sites excluding steroid dienone is 2. The van der Waals surface area contributed by atoms with Crippen molar-refractivity contribution in [1.82, 2.24) is 15.0 Å². The van der Waals surface area contributed by atoms with Gasteiger partial charge in [0.05, 0.1) is 5.54 Å². The molecular formula is C62H42N4O. The molecule has 5 nitrogen and oxygen atoms in total. The number of hydrogen-bond donors (Lipinski definition) is 0. The van der Waals surface area contributed by atoms with Crippen molar-refractivity contribution in [3.63, 3.8) is 0 Å². The average Bonchev–Trinajstić information content (AvgIpc) is 3.92. The van der Waals surface area contributed by atoms with Crippen LogP contribution in [0.3, 0.4) is 0 Å². The summed E-state index contributed by atoms with van der Waals surface area (Å²) in [5, 5.41) is 4.45. The van der Waals surface area contributed by atoms with Crippen LogP contribution in [0.1, 0.15) is 18.4 Å². The van der Waals surface area contributed by atoms with Gasteiger partial charge in [0.2, 0.25) is 0 Å². The van der Waals surface area contributed by atoms with Gasteiger partial charge >= 0.3 is 0 Å². The summed E-state index contributed by atoms with van der Waals surface area (Å²) in [6.45, 7) is 2.33. The van der Waals surface area contributed by atoms with E-state index >= 15 is 0 Å². The summed E-state index contributed by atoms with van der Waals surface area (Å²) in [5.74, 6) is 1.91. The molecule has 11 aromatic rings. The second-order valence-corrected chi connectivity index (χ2v) is 17.7. The van der Waals surface area contributed by atoms with Gasteiger partial charge in [-0.1, -0.05) is 194 Å². The number of nitrogens with zero attached hydrogens (tertiary/aromatic N) is 4. The van der Waals surface area contributed by atoms with Crippen LogP contribution in [0.25, 0.3) is 100 Å². The summed E-state index contributed by atoms with van der Waals surface area (Å²) in [5.41, 5.74) is 14.2. The Bertz CT molecular complexity index is 3760. The Kier molecular flexibility index (Phi) is 8.97. The average molecular weight is 859 g/mol. The lowest BCUT2D eigenvalue weighted by Gasteiger charge is -2.39. The fourth-order valence-electron chi connectivity index (χ4n) is 10.6. The third kappa shape index (κ3) is 6.34. The Morgan fingerprint density at radius 1 is 0.433 bits per heavy atom. The first-order chi connectivity index (χ1) is 33.1. The summed E-state index contributed by atoms with van der Waals surface area (Å²) < 4.78 is 6.91. The van der Waals surface area contributed by atoms with E-state index in [4.69, 9.17) is 19.4 Å². The topological polar surface area (TPSA) is 55.1 Å². The van der Waals surface area contributed by atoms with Gasteiger partial charge in [0.15, 0.2) is 17.5 Å². The molecule has 316 valence electrons. The lowest BCUT2D eigenvalue weighted by atomic mass is 9.79. The molecule has 5 heteroatoms. The summed E-state index contributed by atoms with van der Waals surface area (Å²) in [4.78, 5) is 18.6. The Hall–Kier alpha value is -8.67. The van der Waals surface area contributed by atoms with Gasteiger partial charge in [-0.05, 0) is 82.1 Å². The number of furan rings is 1. The van der Waals surface area contributed by atoms with Crippen LogP contribution >= 0.6 is 0 Å². The Morgan fingerprint density at radius 3 is 1.85 bits per heavy atom. The van der Waals surface area contributed by atoms with Gasteiger partial charge in [-0.3, -0.25) is 0 Å². The SMILES string of the molecule is CC12C=CC=CC1c1c(-c3nc(-c4ccc(-c5cc(-c6ccccc6)cc6c5oc5c7ccccc7ccc65)cc4)nc(-c4ccccc4-c4ccccc4)n3)cccc1N2c1ccccc1. The molecule has 67 heavy (non-hydrogen) atoms. The van der Waals surface area contributed by atoms with Crippen LogP contribution < -0.4 is 4.90 Å². The van der Waals surface area contributed by atoms with E-state index in [1.54, 1.807) is 0 Å². The lowest BCUT2D eigenvalue weighted by molar-refractivity contribution is 0.542. The second-order valence-electron chi connectivity index (χ2n) is 17.7. The predicted octanol–water partition coefficient (Wildman–Crippen LogP) is 16.0. The fourth-order valence-corrected chi connectivity index (χ4v) is 10.6. The first kappa shape index (κ1) is 38.8. The number of benzene rings is 9. The maximum Gasteiger partial charge on any atom is 0.164 e. The van der Waals surface area contributed by atoms with Gasteiger partial charge in [-0.2, -0.15) is 0 Å². The molecule has 0 bridgehead atoms. The molecule has 0 radical (unpaired) electrons. The van der Waals surface area contributed by atoms with Crippen LogP contribution in [-0.2, 0) is 0 Å². The summed E-state index contributed by atoms with van der Waals surface area (Å²) in [6, 6.07) is 72.7. The molecule has 2 atom stereocenters. The van der Waals surface area contributed by atoms with Crippen LogP contribution in [0.2, 0.25) is 0 Å². The van der Waals surface area contributed by atoms with E-state index in [9.17, 15) is 0 Å². The van der Waals surface area contributed by atoms with E-state index in [0.717, 1.165) is 94.2 Å².